The highest BCUT2D eigenvalue weighted by atomic mass is 19.4. The third-order valence-electron chi connectivity index (χ3n) is 2.60. The number of aryl methyl sites for hydroxylation is 1. The highest BCUT2D eigenvalue weighted by Gasteiger charge is 2.36. The van der Waals surface area contributed by atoms with Crippen molar-refractivity contribution < 1.29 is 18.3 Å². The molecule has 0 saturated heterocycles. The highest BCUT2D eigenvalue weighted by Crippen LogP contribution is 2.30. The Labute approximate surface area is 112 Å². The molecular formula is C11H14F3N5O. The lowest BCUT2D eigenvalue weighted by Gasteiger charge is -2.06. The van der Waals surface area contributed by atoms with Crippen molar-refractivity contribution in [3.05, 3.63) is 29.7 Å². The van der Waals surface area contributed by atoms with Gasteiger partial charge in [-0.05, 0) is 0 Å². The molecule has 0 unspecified atom stereocenters. The first kappa shape index (κ1) is 14.4. The minimum absolute atomic E-state index is 0.0289. The Morgan fingerprint density at radius 3 is 2.75 bits per heavy atom. The number of aliphatic hydroxyl groups excluding tert-OH is 1. The second-order valence-electron chi connectivity index (χ2n) is 4.22. The summed E-state index contributed by atoms with van der Waals surface area (Å²) in [6.45, 7) is 0.253. The number of aromatic nitrogens is 4. The average Bonchev–Trinajstić information content (AvgIpc) is 2.93. The van der Waals surface area contributed by atoms with Crippen LogP contribution in [0.4, 0.5) is 19.0 Å². The van der Waals surface area contributed by atoms with Gasteiger partial charge < -0.3 is 10.4 Å². The van der Waals surface area contributed by atoms with E-state index < -0.39 is 11.9 Å². The fraction of sp³-hybridized carbons (Fsp3) is 0.455. The van der Waals surface area contributed by atoms with E-state index in [1.165, 1.54) is 17.9 Å². The van der Waals surface area contributed by atoms with Crippen LogP contribution in [0.2, 0.25) is 0 Å². The molecule has 2 aromatic rings. The van der Waals surface area contributed by atoms with Gasteiger partial charge in [-0.2, -0.15) is 23.4 Å². The summed E-state index contributed by atoms with van der Waals surface area (Å²) >= 11 is 0. The van der Waals surface area contributed by atoms with Gasteiger partial charge >= 0.3 is 6.18 Å². The molecular weight excluding hydrogens is 275 g/mol. The Morgan fingerprint density at radius 1 is 1.35 bits per heavy atom. The molecule has 0 aliphatic carbocycles. The lowest BCUT2D eigenvalue weighted by Crippen LogP contribution is -2.12. The first-order valence-electron chi connectivity index (χ1n) is 5.88. The number of rotatable bonds is 5. The Morgan fingerprint density at radius 2 is 2.10 bits per heavy atom. The van der Waals surface area contributed by atoms with Crippen molar-refractivity contribution in [3.63, 3.8) is 0 Å². The topological polar surface area (TPSA) is 67.9 Å². The molecule has 9 heteroatoms. The van der Waals surface area contributed by atoms with Gasteiger partial charge in [0.05, 0.1) is 13.2 Å². The number of nitrogens with zero attached hydrogens (tertiary/aromatic N) is 4. The molecule has 20 heavy (non-hydrogen) atoms. The summed E-state index contributed by atoms with van der Waals surface area (Å²) in [5, 5.41) is 19.0. The van der Waals surface area contributed by atoms with Crippen LogP contribution in [0.25, 0.3) is 0 Å². The molecule has 0 atom stereocenters. The normalized spacial score (nSPS) is 11.8. The van der Waals surface area contributed by atoms with Crippen LogP contribution in [-0.4, -0.2) is 31.3 Å². The lowest BCUT2D eigenvalue weighted by atomic mass is 10.2. The van der Waals surface area contributed by atoms with E-state index in [4.69, 9.17) is 5.11 Å². The van der Waals surface area contributed by atoms with Gasteiger partial charge in [0, 0.05) is 37.6 Å². The molecule has 0 fully saturated rings. The molecule has 2 heterocycles. The van der Waals surface area contributed by atoms with E-state index in [0.717, 1.165) is 4.68 Å². The maximum atomic E-state index is 12.7. The molecule has 0 spiro atoms. The number of aliphatic hydroxyl groups is 1. The number of alkyl halides is 3. The highest BCUT2D eigenvalue weighted by molar-refractivity contribution is 5.34. The van der Waals surface area contributed by atoms with Crippen molar-refractivity contribution in [2.24, 2.45) is 7.05 Å². The maximum absolute atomic E-state index is 12.7. The van der Waals surface area contributed by atoms with E-state index in [1.54, 1.807) is 12.3 Å². The summed E-state index contributed by atoms with van der Waals surface area (Å²) in [4.78, 5) is 0. The number of nitrogens with one attached hydrogen (secondary N) is 1. The summed E-state index contributed by atoms with van der Waals surface area (Å²) in [5.41, 5.74) is -0.848. The van der Waals surface area contributed by atoms with E-state index in [9.17, 15) is 13.2 Å². The lowest BCUT2D eigenvalue weighted by molar-refractivity contribution is -0.142. The minimum Gasteiger partial charge on any atom is -0.394 e. The van der Waals surface area contributed by atoms with Crippen molar-refractivity contribution in [2.75, 3.05) is 11.9 Å². The monoisotopic (exact) mass is 289 g/mol. The van der Waals surface area contributed by atoms with Gasteiger partial charge in [0.1, 0.15) is 5.82 Å². The van der Waals surface area contributed by atoms with Crippen LogP contribution >= 0.6 is 0 Å². The Bertz CT molecular complexity index is 575. The quantitative estimate of drug-likeness (QED) is 0.869. The van der Waals surface area contributed by atoms with Crippen LogP contribution in [-0.2, 0) is 26.3 Å². The molecule has 2 aromatic heterocycles. The van der Waals surface area contributed by atoms with Crippen LogP contribution in [0.15, 0.2) is 18.5 Å². The summed E-state index contributed by atoms with van der Waals surface area (Å²) in [6, 6.07) is 1.62. The predicted octanol–water partition coefficient (Wildman–Crippen LogP) is 1.24. The summed E-state index contributed by atoms with van der Waals surface area (Å²) in [6.07, 6.45) is -1.53. The van der Waals surface area contributed by atoms with E-state index in [0.29, 0.717) is 12.4 Å². The third-order valence-corrected chi connectivity index (χ3v) is 2.60. The van der Waals surface area contributed by atoms with Crippen LogP contribution in [0.1, 0.15) is 11.3 Å². The summed E-state index contributed by atoms with van der Waals surface area (Å²) < 4.78 is 40.8. The van der Waals surface area contributed by atoms with Gasteiger partial charge in [-0.3, -0.25) is 9.36 Å². The zero-order valence-electron chi connectivity index (χ0n) is 10.7. The molecule has 0 aliphatic heterocycles. The molecule has 2 rings (SSSR count). The molecule has 0 saturated carbocycles. The predicted molar refractivity (Wildman–Crippen MR) is 64.8 cm³/mol. The Hall–Kier alpha value is -2.03. The molecule has 0 aliphatic rings. The summed E-state index contributed by atoms with van der Waals surface area (Å²) in [5.74, 6) is 0.440. The summed E-state index contributed by atoms with van der Waals surface area (Å²) in [7, 11) is 1.44. The number of hydrogen-bond donors (Lipinski definition) is 2. The van der Waals surface area contributed by atoms with Gasteiger partial charge in [0.2, 0.25) is 0 Å². The molecule has 0 bridgehead atoms. The fourth-order valence-corrected chi connectivity index (χ4v) is 1.77. The second kappa shape index (κ2) is 5.53. The van der Waals surface area contributed by atoms with E-state index >= 15 is 0 Å². The van der Waals surface area contributed by atoms with Crippen molar-refractivity contribution in [1.82, 2.24) is 19.6 Å². The second-order valence-corrected chi connectivity index (χ2v) is 4.22. The van der Waals surface area contributed by atoms with Crippen molar-refractivity contribution in [3.8, 4) is 0 Å². The van der Waals surface area contributed by atoms with Gasteiger partial charge in [0.25, 0.3) is 0 Å². The minimum atomic E-state index is -4.48. The van der Waals surface area contributed by atoms with Crippen LogP contribution < -0.4 is 5.32 Å². The van der Waals surface area contributed by atoms with Crippen molar-refractivity contribution in [2.45, 2.75) is 19.3 Å². The van der Waals surface area contributed by atoms with E-state index in [1.807, 2.05) is 0 Å². The van der Waals surface area contributed by atoms with Gasteiger partial charge in [-0.25, -0.2) is 0 Å². The Kier molecular flexibility index (Phi) is 3.98. The Balaban J connectivity index is 2.06. The van der Waals surface area contributed by atoms with Crippen LogP contribution in [0.3, 0.4) is 0 Å². The number of hydrogen-bond acceptors (Lipinski definition) is 4. The van der Waals surface area contributed by atoms with Crippen LogP contribution in [0, 0.1) is 0 Å². The zero-order chi connectivity index (χ0) is 14.8. The fourth-order valence-electron chi connectivity index (χ4n) is 1.77. The first-order chi connectivity index (χ1) is 9.40. The van der Waals surface area contributed by atoms with Crippen molar-refractivity contribution >= 4 is 5.82 Å². The molecule has 0 aromatic carbocycles. The van der Waals surface area contributed by atoms with E-state index in [2.05, 4.69) is 15.5 Å². The zero-order valence-corrected chi connectivity index (χ0v) is 10.7. The third kappa shape index (κ3) is 3.29. The van der Waals surface area contributed by atoms with Gasteiger partial charge in [0.15, 0.2) is 5.69 Å². The molecule has 110 valence electrons. The molecule has 0 amide bonds. The van der Waals surface area contributed by atoms with E-state index in [-0.39, 0.29) is 18.7 Å². The average molecular weight is 289 g/mol. The van der Waals surface area contributed by atoms with Crippen molar-refractivity contribution in [1.29, 1.82) is 0 Å². The van der Waals surface area contributed by atoms with Crippen LogP contribution in [0.5, 0.6) is 0 Å². The SMILES string of the molecule is Cn1cc(CNc2ccn(CCO)n2)c(C(F)(F)F)n1. The first-order valence-corrected chi connectivity index (χ1v) is 5.88. The maximum Gasteiger partial charge on any atom is 0.435 e. The van der Waals surface area contributed by atoms with Gasteiger partial charge in [-0.1, -0.05) is 0 Å². The smallest absolute Gasteiger partial charge is 0.394 e. The molecule has 2 N–H and O–H groups in total. The standard InChI is InChI=1S/C11H14F3N5O/c1-18-7-8(10(17-18)11(12,13)14)6-15-9-2-3-19(16-9)4-5-20/h2-3,7,20H,4-6H2,1H3,(H,15,16). The largest absolute Gasteiger partial charge is 0.435 e. The van der Waals surface area contributed by atoms with Gasteiger partial charge in [-0.15, -0.1) is 0 Å². The number of halogens is 3. The number of anilines is 1. The molecule has 0 radical (unpaired) electrons. The molecule has 6 nitrogen and oxygen atoms in total.